The smallest absolute Gasteiger partial charge is 0.0794 e. The summed E-state index contributed by atoms with van der Waals surface area (Å²) in [6.07, 6.45) is 2.32. The zero-order valence-electron chi connectivity index (χ0n) is 10.3. The Morgan fingerprint density at radius 1 is 1.35 bits per heavy atom. The fourth-order valence-electron chi connectivity index (χ4n) is 2.06. The molecule has 0 atom stereocenters. The second-order valence-corrected chi connectivity index (χ2v) is 5.14. The Morgan fingerprint density at radius 3 is 3.24 bits per heavy atom. The van der Waals surface area contributed by atoms with Gasteiger partial charge in [0.1, 0.15) is 0 Å². The van der Waals surface area contributed by atoms with Crippen LogP contribution in [0.1, 0.15) is 12.1 Å². The van der Waals surface area contributed by atoms with Crippen molar-refractivity contribution >= 4 is 11.3 Å². The van der Waals surface area contributed by atoms with Crippen molar-refractivity contribution in [3.63, 3.8) is 0 Å². The summed E-state index contributed by atoms with van der Waals surface area (Å²) in [5.74, 6) is 0. The second-order valence-electron chi connectivity index (χ2n) is 4.42. The van der Waals surface area contributed by atoms with Gasteiger partial charge in [0, 0.05) is 44.5 Å². The minimum absolute atomic E-state index is 1.04. The lowest BCUT2D eigenvalue weighted by Crippen LogP contribution is -2.35. The van der Waals surface area contributed by atoms with Crippen molar-refractivity contribution in [2.24, 2.45) is 0 Å². The topological polar surface area (TPSA) is 40.2 Å². The van der Waals surface area contributed by atoms with Gasteiger partial charge in [-0.2, -0.15) is 0 Å². The number of hydrogen-bond donors (Lipinski definition) is 2. The van der Waals surface area contributed by atoms with E-state index in [0.717, 1.165) is 26.1 Å². The van der Waals surface area contributed by atoms with Crippen LogP contribution in [0.15, 0.2) is 10.9 Å². The van der Waals surface area contributed by atoms with Crippen molar-refractivity contribution in [2.75, 3.05) is 45.8 Å². The van der Waals surface area contributed by atoms with Gasteiger partial charge in [0.05, 0.1) is 11.2 Å². The molecular weight excluding hydrogens is 232 g/mol. The Hall–Kier alpha value is -0.490. The maximum atomic E-state index is 4.28. The van der Waals surface area contributed by atoms with Gasteiger partial charge in [0.25, 0.3) is 0 Å². The van der Waals surface area contributed by atoms with Crippen LogP contribution in [0.25, 0.3) is 0 Å². The first-order valence-corrected chi connectivity index (χ1v) is 7.40. The molecule has 0 aromatic carbocycles. The first kappa shape index (κ1) is 13.0. The van der Waals surface area contributed by atoms with Crippen molar-refractivity contribution < 1.29 is 0 Å². The first-order valence-electron chi connectivity index (χ1n) is 6.46. The summed E-state index contributed by atoms with van der Waals surface area (Å²) < 4.78 is 0. The lowest BCUT2D eigenvalue weighted by atomic mass is 10.3. The molecular formula is C12H22N4S. The quantitative estimate of drug-likeness (QED) is 0.728. The van der Waals surface area contributed by atoms with Gasteiger partial charge >= 0.3 is 0 Å². The van der Waals surface area contributed by atoms with Crippen molar-refractivity contribution in [3.8, 4) is 0 Å². The molecule has 2 rings (SSSR count). The molecule has 1 aliphatic heterocycles. The monoisotopic (exact) mass is 254 g/mol. The van der Waals surface area contributed by atoms with Crippen LogP contribution in [0, 0.1) is 0 Å². The second kappa shape index (κ2) is 7.76. The molecule has 1 saturated heterocycles. The third-order valence-corrected chi connectivity index (χ3v) is 3.71. The summed E-state index contributed by atoms with van der Waals surface area (Å²) in [6, 6.07) is 0. The molecule has 0 unspecified atom stereocenters. The zero-order valence-corrected chi connectivity index (χ0v) is 11.1. The highest BCUT2D eigenvalue weighted by Crippen LogP contribution is 2.00. The highest BCUT2D eigenvalue weighted by atomic mass is 32.1. The Bertz CT molecular complexity index is 281. The normalized spacial score (nSPS) is 18.1. The first-order chi connectivity index (χ1) is 8.45. The SMILES string of the molecule is c1nc(CCNCCN2CCCNCC2)cs1. The average molecular weight is 254 g/mol. The molecule has 17 heavy (non-hydrogen) atoms. The maximum absolute atomic E-state index is 4.28. The van der Waals surface area contributed by atoms with Crippen LogP contribution in [-0.2, 0) is 6.42 Å². The van der Waals surface area contributed by atoms with Crippen LogP contribution in [0.4, 0.5) is 0 Å². The summed E-state index contributed by atoms with van der Waals surface area (Å²) >= 11 is 1.67. The standard InChI is InChI=1S/C12H22N4S/c1-3-13-5-8-16(7-1)9-6-14-4-2-12-10-17-11-15-12/h10-11,13-14H,1-9H2. The van der Waals surface area contributed by atoms with Crippen LogP contribution in [0.3, 0.4) is 0 Å². The van der Waals surface area contributed by atoms with Crippen LogP contribution in [0.2, 0.25) is 0 Å². The summed E-state index contributed by atoms with van der Waals surface area (Å²) in [7, 11) is 0. The van der Waals surface area contributed by atoms with Gasteiger partial charge in [-0.05, 0) is 19.5 Å². The molecule has 5 heteroatoms. The molecule has 0 spiro atoms. The van der Waals surface area contributed by atoms with Gasteiger partial charge in [0.2, 0.25) is 0 Å². The van der Waals surface area contributed by atoms with Crippen LogP contribution in [-0.4, -0.2) is 55.7 Å². The van der Waals surface area contributed by atoms with Gasteiger partial charge in [-0.15, -0.1) is 11.3 Å². The van der Waals surface area contributed by atoms with Gasteiger partial charge in [-0.3, -0.25) is 0 Å². The van der Waals surface area contributed by atoms with Crippen LogP contribution in [0.5, 0.6) is 0 Å². The molecule has 0 aliphatic carbocycles. The van der Waals surface area contributed by atoms with E-state index in [9.17, 15) is 0 Å². The number of rotatable bonds is 6. The van der Waals surface area contributed by atoms with Gasteiger partial charge in [0.15, 0.2) is 0 Å². The third kappa shape index (κ3) is 5.12. The van der Waals surface area contributed by atoms with Crippen molar-refractivity contribution in [1.82, 2.24) is 20.5 Å². The predicted molar refractivity (Wildman–Crippen MR) is 72.6 cm³/mol. The van der Waals surface area contributed by atoms with Crippen LogP contribution >= 0.6 is 11.3 Å². The summed E-state index contributed by atoms with van der Waals surface area (Å²) in [5, 5.41) is 9.05. The van der Waals surface area contributed by atoms with Gasteiger partial charge < -0.3 is 15.5 Å². The minimum atomic E-state index is 1.04. The average Bonchev–Trinajstić information content (AvgIpc) is 2.72. The van der Waals surface area contributed by atoms with E-state index in [1.807, 2.05) is 5.51 Å². The van der Waals surface area contributed by atoms with Gasteiger partial charge in [-0.25, -0.2) is 4.98 Å². The lowest BCUT2D eigenvalue weighted by molar-refractivity contribution is 0.292. The fourth-order valence-corrected chi connectivity index (χ4v) is 2.66. The summed E-state index contributed by atoms with van der Waals surface area (Å²) in [6.45, 7) is 8.03. The highest BCUT2D eigenvalue weighted by molar-refractivity contribution is 7.07. The number of nitrogens with zero attached hydrogens (tertiary/aromatic N) is 2. The molecule has 0 radical (unpaired) electrons. The number of hydrogen-bond acceptors (Lipinski definition) is 5. The number of thiazole rings is 1. The Kier molecular flexibility index (Phi) is 5.92. The predicted octanol–water partition coefficient (Wildman–Crippen LogP) is 0.571. The molecule has 96 valence electrons. The van der Waals surface area contributed by atoms with E-state index in [0.29, 0.717) is 0 Å². The van der Waals surface area contributed by atoms with E-state index in [-0.39, 0.29) is 0 Å². The summed E-state index contributed by atoms with van der Waals surface area (Å²) in [4.78, 5) is 6.81. The number of nitrogens with one attached hydrogen (secondary N) is 2. The Balaban J connectivity index is 1.50. The van der Waals surface area contributed by atoms with E-state index < -0.39 is 0 Å². The molecule has 2 heterocycles. The molecule has 2 N–H and O–H groups in total. The van der Waals surface area contributed by atoms with E-state index in [1.165, 1.54) is 38.3 Å². The lowest BCUT2D eigenvalue weighted by Gasteiger charge is -2.19. The van der Waals surface area contributed by atoms with E-state index in [4.69, 9.17) is 0 Å². The van der Waals surface area contributed by atoms with Gasteiger partial charge in [-0.1, -0.05) is 0 Å². The fraction of sp³-hybridized carbons (Fsp3) is 0.750. The molecule has 0 amide bonds. The summed E-state index contributed by atoms with van der Waals surface area (Å²) in [5.41, 5.74) is 3.11. The van der Waals surface area contributed by atoms with Crippen molar-refractivity contribution in [2.45, 2.75) is 12.8 Å². The van der Waals surface area contributed by atoms with E-state index >= 15 is 0 Å². The molecule has 1 fully saturated rings. The minimum Gasteiger partial charge on any atom is -0.315 e. The zero-order chi connectivity index (χ0) is 11.8. The largest absolute Gasteiger partial charge is 0.315 e. The maximum Gasteiger partial charge on any atom is 0.0794 e. The Labute approximate surface area is 107 Å². The van der Waals surface area contributed by atoms with E-state index in [2.05, 4.69) is 25.9 Å². The van der Waals surface area contributed by atoms with Crippen molar-refractivity contribution in [3.05, 3.63) is 16.6 Å². The number of aromatic nitrogens is 1. The van der Waals surface area contributed by atoms with Crippen molar-refractivity contribution in [1.29, 1.82) is 0 Å². The van der Waals surface area contributed by atoms with E-state index in [1.54, 1.807) is 11.3 Å². The molecule has 0 bridgehead atoms. The molecule has 1 aromatic rings. The van der Waals surface area contributed by atoms with Crippen LogP contribution < -0.4 is 10.6 Å². The molecule has 1 aliphatic rings. The molecule has 1 aromatic heterocycles. The molecule has 0 saturated carbocycles. The molecule has 4 nitrogen and oxygen atoms in total. The Morgan fingerprint density at radius 2 is 2.35 bits per heavy atom. The highest BCUT2D eigenvalue weighted by Gasteiger charge is 2.07. The third-order valence-electron chi connectivity index (χ3n) is 3.08.